The number of pyridine rings is 1. The van der Waals surface area contributed by atoms with Crippen LogP contribution in [0.25, 0.3) is 5.82 Å². The molecule has 1 atom stereocenters. The van der Waals surface area contributed by atoms with Crippen molar-refractivity contribution in [3.63, 3.8) is 0 Å². The molecule has 0 spiro atoms. The quantitative estimate of drug-likeness (QED) is 0.856. The van der Waals surface area contributed by atoms with Gasteiger partial charge in [0.1, 0.15) is 11.6 Å². The lowest BCUT2D eigenvalue weighted by atomic mass is 9.75. The second-order valence-corrected chi connectivity index (χ2v) is 5.98. The van der Waals surface area contributed by atoms with Gasteiger partial charge in [-0.15, -0.1) is 0 Å². The minimum atomic E-state index is -0.430. The molecule has 0 bridgehead atoms. The summed E-state index contributed by atoms with van der Waals surface area (Å²) in [5.74, 6) is 0.345. The van der Waals surface area contributed by atoms with Crippen molar-refractivity contribution < 1.29 is 9.50 Å². The zero-order chi connectivity index (χ0) is 13.6. The van der Waals surface area contributed by atoms with Gasteiger partial charge in [-0.3, -0.25) is 0 Å². The van der Waals surface area contributed by atoms with Crippen molar-refractivity contribution in [1.29, 1.82) is 0 Å². The lowest BCUT2D eigenvalue weighted by Gasteiger charge is -2.33. The molecule has 0 amide bonds. The minimum absolute atomic E-state index is 0.0581. The van der Waals surface area contributed by atoms with Gasteiger partial charge in [-0.25, -0.2) is 9.37 Å². The zero-order valence-electron chi connectivity index (χ0n) is 11.1. The van der Waals surface area contributed by atoms with Crippen molar-refractivity contribution in [2.75, 3.05) is 0 Å². The van der Waals surface area contributed by atoms with Gasteiger partial charge in [-0.2, -0.15) is 0 Å². The molecule has 1 N–H and O–H groups in total. The van der Waals surface area contributed by atoms with Crippen molar-refractivity contribution >= 4 is 0 Å². The molecule has 3 nitrogen and oxygen atoms in total. The normalized spacial score (nSPS) is 21.2. The largest absolute Gasteiger partial charge is 0.388 e. The first-order valence-electron chi connectivity index (χ1n) is 6.46. The van der Waals surface area contributed by atoms with E-state index >= 15 is 0 Å². The summed E-state index contributed by atoms with van der Waals surface area (Å²) in [5, 5.41) is 10.2. The Morgan fingerprint density at radius 1 is 1.37 bits per heavy atom. The van der Waals surface area contributed by atoms with Crippen LogP contribution in [0.5, 0.6) is 0 Å². The molecule has 2 aromatic rings. The highest BCUT2D eigenvalue weighted by Crippen LogP contribution is 2.41. The van der Waals surface area contributed by atoms with Crippen LogP contribution in [0.15, 0.2) is 30.6 Å². The Hall–Kier alpha value is -1.68. The van der Waals surface area contributed by atoms with E-state index in [-0.39, 0.29) is 11.2 Å². The molecule has 1 unspecified atom stereocenters. The molecule has 4 heteroatoms. The van der Waals surface area contributed by atoms with Gasteiger partial charge in [0.05, 0.1) is 12.3 Å². The number of halogens is 1. The van der Waals surface area contributed by atoms with Gasteiger partial charge in [0.2, 0.25) is 0 Å². The molecule has 0 radical (unpaired) electrons. The fourth-order valence-corrected chi connectivity index (χ4v) is 2.85. The van der Waals surface area contributed by atoms with E-state index in [0.717, 1.165) is 24.1 Å². The maximum atomic E-state index is 12.9. The van der Waals surface area contributed by atoms with Crippen LogP contribution < -0.4 is 0 Å². The van der Waals surface area contributed by atoms with E-state index in [2.05, 4.69) is 18.8 Å². The second kappa shape index (κ2) is 4.17. The summed E-state index contributed by atoms with van der Waals surface area (Å²) in [5.41, 5.74) is 2.09. The number of hydrogen-bond acceptors (Lipinski definition) is 2. The van der Waals surface area contributed by atoms with Gasteiger partial charge < -0.3 is 9.67 Å². The first-order valence-corrected chi connectivity index (χ1v) is 6.46. The number of aliphatic hydroxyl groups is 1. The number of rotatable bonds is 1. The van der Waals surface area contributed by atoms with Crippen molar-refractivity contribution in [2.24, 2.45) is 5.41 Å². The predicted octanol–water partition coefficient (Wildman–Crippen LogP) is 3.02. The summed E-state index contributed by atoms with van der Waals surface area (Å²) < 4.78 is 14.9. The summed E-state index contributed by atoms with van der Waals surface area (Å²) in [6, 6.07) is 4.99. The van der Waals surface area contributed by atoms with Crippen molar-refractivity contribution in [2.45, 2.75) is 32.8 Å². The number of nitrogens with zero attached hydrogens (tertiary/aromatic N) is 2. The van der Waals surface area contributed by atoms with Crippen LogP contribution in [-0.4, -0.2) is 14.7 Å². The lowest BCUT2D eigenvalue weighted by molar-refractivity contribution is 0.0986. The van der Waals surface area contributed by atoms with E-state index in [4.69, 9.17) is 0 Å². The predicted molar refractivity (Wildman–Crippen MR) is 70.6 cm³/mol. The topological polar surface area (TPSA) is 38.0 Å². The number of aromatic nitrogens is 2. The van der Waals surface area contributed by atoms with Crippen LogP contribution in [0.4, 0.5) is 4.39 Å². The molecule has 0 saturated carbocycles. The lowest BCUT2D eigenvalue weighted by Crippen LogP contribution is -2.26. The van der Waals surface area contributed by atoms with E-state index in [1.54, 1.807) is 6.07 Å². The highest BCUT2D eigenvalue weighted by atomic mass is 19.1. The fraction of sp³-hybridized carbons (Fsp3) is 0.400. The molecule has 2 aromatic heterocycles. The molecular formula is C15H17FN2O. The van der Waals surface area contributed by atoms with E-state index in [9.17, 15) is 9.50 Å². The molecule has 19 heavy (non-hydrogen) atoms. The average molecular weight is 260 g/mol. The number of fused-ring (bicyclic) bond motifs is 1. The Morgan fingerprint density at radius 3 is 2.84 bits per heavy atom. The summed E-state index contributed by atoms with van der Waals surface area (Å²) in [6.07, 6.45) is 4.33. The number of aliphatic hydroxyl groups excluding tert-OH is 1. The van der Waals surface area contributed by atoms with Gasteiger partial charge >= 0.3 is 0 Å². The van der Waals surface area contributed by atoms with Crippen LogP contribution in [0, 0.1) is 11.2 Å². The summed E-state index contributed by atoms with van der Waals surface area (Å²) in [6.45, 7) is 4.29. The van der Waals surface area contributed by atoms with Gasteiger partial charge in [-0.05, 0) is 36.5 Å². The fourth-order valence-electron chi connectivity index (χ4n) is 2.85. The standard InChI is InChI=1S/C15H17FN2O/c1-15(2)7-12-11(13(19)8-15)5-6-18(12)14-4-3-10(16)9-17-14/h3-6,9,13,19H,7-8H2,1-2H3. The SMILES string of the molecule is CC1(C)Cc2c(ccn2-c2ccc(F)cn2)C(O)C1. The van der Waals surface area contributed by atoms with E-state index < -0.39 is 6.10 Å². The Balaban J connectivity index is 2.08. The van der Waals surface area contributed by atoms with Crippen molar-refractivity contribution in [3.8, 4) is 5.82 Å². The summed E-state index contributed by atoms with van der Waals surface area (Å²) in [4.78, 5) is 4.11. The average Bonchev–Trinajstić information content (AvgIpc) is 2.72. The molecule has 1 aliphatic carbocycles. The molecule has 2 heterocycles. The summed E-state index contributed by atoms with van der Waals surface area (Å²) in [7, 11) is 0. The van der Waals surface area contributed by atoms with E-state index in [0.29, 0.717) is 5.82 Å². The second-order valence-electron chi connectivity index (χ2n) is 5.98. The third-order valence-electron chi connectivity index (χ3n) is 3.74. The molecule has 3 rings (SSSR count). The van der Waals surface area contributed by atoms with Gasteiger partial charge in [-0.1, -0.05) is 13.8 Å². The first-order chi connectivity index (χ1) is 8.96. The Labute approximate surface area is 111 Å². The molecule has 0 saturated heterocycles. The molecule has 100 valence electrons. The maximum absolute atomic E-state index is 12.9. The Kier molecular flexibility index (Phi) is 2.71. The third-order valence-corrected chi connectivity index (χ3v) is 3.74. The Bertz CT molecular complexity index is 601. The number of hydrogen-bond donors (Lipinski definition) is 1. The van der Waals surface area contributed by atoms with E-state index in [1.807, 2.05) is 16.8 Å². The molecule has 0 aliphatic heterocycles. The highest BCUT2D eigenvalue weighted by Gasteiger charge is 2.33. The molecular weight excluding hydrogens is 243 g/mol. The van der Waals surface area contributed by atoms with Gasteiger partial charge in [0.15, 0.2) is 0 Å². The maximum Gasteiger partial charge on any atom is 0.141 e. The van der Waals surface area contributed by atoms with Crippen LogP contribution in [0.3, 0.4) is 0 Å². The van der Waals surface area contributed by atoms with Crippen LogP contribution >= 0.6 is 0 Å². The Morgan fingerprint density at radius 2 is 2.16 bits per heavy atom. The zero-order valence-corrected chi connectivity index (χ0v) is 11.1. The monoisotopic (exact) mass is 260 g/mol. The van der Waals surface area contributed by atoms with E-state index in [1.165, 1.54) is 12.3 Å². The van der Waals surface area contributed by atoms with Crippen LogP contribution in [0.1, 0.15) is 37.6 Å². The summed E-state index contributed by atoms with van der Waals surface area (Å²) >= 11 is 0. The highest BCUT2D eigenvalue weighted by molar-refractivity contribution is 5.36. The molecule has 0 aromatic carbocycles. The smallest absolute Gasteiger partial charge is 0.141 e. The third kappa shape index (κ3) is 2.16. The molecule has 1 aliphatic rings. The van der Waals surface area contributed by atoms with Crippen molar-refractivity contribution in [1.82, 2.24) is 9.55 Å². The first kappa shape index (κ1) is 12.4. The van der Waals surface area contributed by atoms with Gasteiger partial charge in [0, 0.05) is 17.5 Å². The van der Waals surface area contributed by atoms with Crippen LogP contribution in [-0.2, 0) is 6.42 Å². The minimum Gasteiger partial charge on any atom is -0.388 e. The van der Waals surface area contributed by atoms with Crippen molar-refractivity contribution in [3.05, 3.63) is 47.7 Å². The molecule has 0 fully saturated rings. The van der Waals surface area contributed by atoms with Crippen LogP contribution in [0.2, 0.25) is 0 Å². The van der Waals surface area contributed by atoms with Gasteiger partial charge in [0.25, 0.3) is 0 Å².